The number of benzene rings is 2. The van der Waals surface area contributed by atoms with E-state index in [-0.39, 0.29) is 43.0 Å². The standard InChI is InChI=1S/C23H25F4NO4S/c1-16-3-9-20(10-4-16)33(30,31)28-13-11-22(24,12-14-28)21(29)15-18-5-7-19(8-6-18)32-17(2)23(25,26)27/h3-10,17H,11-15H2,1-2H3. The molecule has 3 rings (SSSR count). The highest BCUT2D eigenvalue weighted by atomic mass is 32.2. The number of ketones is 1. The van der Waals surface area contributed by atoms with Crippen molar-refractivity contribution in [2.75, 3.05) is 13.1 Å². The van der Waals surface area contributed by atoms with E-state index in [2.05, 4.69) is 0 Å². The first kappa shape index (κ1) is 25.2. The molecule has 2 aromatic rings. The Hall–Kier alpha value is -2.46. The molecule has 1 aliphatic rings. The van der Waals surface area contributed by atoms with Crippen molar-refractivity contribution in [1.82, 2.24) is 4.31 Å². The zero-order valence-electron chi connectivity index (χ0n) is 18.2. The molecular formula is C23H25F4NO4S. The van der Waals surface area contributed by atoms with E-state index in [4.69, 9.17) is 4.74 Å². The Kier molecular flexibility index (Phi) is 7.18. The summed E-state index contributed by atoms with van der Waals surface area (Å²) in [7, 11) is -3.78. The summed E-state index contributed by atoms with van der Waals surface area (Å²) in [5.41, 5.74) is -0.826. The molecule has 10 heteroatoms. The number of hydrogen-bond acceptors (Lipinski definition) is 4. The highest BCUT2D eigenvalue weighted by Crippen LogP contribution is 2.32. The Morgan fingerprint density at radius 2 is 1.61 bits per heavy atom. The van der Waals surface area contributed by atoms with E-state index in [1.807, 2.05) is 6.92 Å². The van der Waals surface area contributed by atoms with Crippen LogP contribution in [0.4, 0.5) is 17.6 Å². The number of carbonyl (C=O) groups excluding carboxylic acids is 1. The van der Waals surface area contributed by atoms with Crippen LogP contribution in [0, 0.1) is 6.92 Å². The molecule has 0 aromatic heterocycles. The fourth-order valence-corrected chi connectivity index (χ4v) is 4.96. The van der Waals surface area contributed by atoms with Crippen LogP contribution in [0.2, 0.25) is 0 Å². The minimum atomic E-state index is -4.50. The lowest BCUT2D eigenvalue weighted by Crippen LogP contribution is -2.48. The number of aryl methyl sites for hydroxylation is 1. The van der Waals surface area contributed by atoms with Gasteiger partial charge in [-0.05, 0) is 43.7 Å². The van der Waals surface area contributed by atoms with E-state index in [0.717, 1.165) is 12.5 Å². The third kappa shape index (κ3) is 5.92. The molecule has 0 spiro atoms. The highest BCUT2D eigenvalue weighted by molar-refractivity contribution is 7.89. The molecule has 0 bridgehead atoms. The monoisotopic (exact) mass is 487 g/mol. The van der Waals surface area contributed by atoms with Crippen molar-refractivity contribution in [1.29, 1.82) is 0 Å². The Morgan fingerprint density at radius 1 is 1.06 bits per heavy atom. The second kappa shape index (κ2) is 9.42. The number of rotatable bonds is 7. The maximum absolute atomic E-state index is 15.3. The van der Waals surface area contributed by atoms with E-state index in [1.54, 1.807) is 12.1 Å². The van der Waals surface area contributed by atoms with Gasteiger partial charge in [0.25, 0.3) is 0 Å². The average Bonchev–Trinajstić information content (AvgIpc) is 2.75. The number of halogens is 4. The molecule has 1 fully saturated rings. The number of carbonyl (C=O) groups is 1. The van der Waals surface area contributed by atoms with Gasteiger partial charge in [-0.2, -0.15) is 17.5 Å². The Balaban J connectivity index is 1.60. The van der Waals surface area contributed by atoms with E-state index in [0.29, 0.717) is 5.56 Å². The average molecular weight is 488 g/mol. The van der Waals surface area contributed by atoms with Gasteiger partial charge < -0.3 is 4.74 Å². The van der Waals surface area contributed by atoms with E-state index < -0.39 is 33.8 Å². The predicted octanol–water partition coefficient (Wildman–Crippen LogP) is 4.63. The first-order chi connectivity index (χ1) is 15.3. The molecular weight excluding hydrogens is 462 g/mol. The van der Waals surface area contributed by atoms with Crippen LogP contribution in [0.15, 0.2) is 53.4 Å². The SMILES string of the molecule is Cc1ccc(S(=O)(=O)N2CCC(F)(C(=O)Cc3ccc(OC(C)C(F)(F)F)cc3)CC2)cc1. The van der Waals surface area contributed by atoms with Crippen LogP contribution in [0.5, 0.6) is 5.75 Å². The van der Waals surface area contributed by atoms with Crippen molar-refractivity contribution in [2.24, 2.45) is 0 Å². The largest absolute Gasteiger partial charge is 0.481 e. The van der Waals surface area contributed by atoms with Gasteiger partial charge in [-0.1, -0.05) is 29.8 Å². The first-order valence-electron chi connectivity index (χ1n) is 10.4. The summed E-state index contributed by atoms with van der Waals surface area (Å²) >= 11 is 0. The van der Waals surface area contributed by atoms with Crippen LogP contribution in [0.3, 0.4) is 0 Å². The molecule has 1 unspecified atom stereocenters. The van der Waals surface area contributed by atoms with Gasteiger partial charge in [-0.25, -0.2) is 12.8 Å². The second-order valence-corrected chi connectivity index (χ2v) is 10.2. The van der Waals surface area contributed by atoms with Gasteiger partial charge in [0.2, 0.25) is 10.0 Å². The number of piperidine rings is 1. The van der Waals surface area contributed by atoms with Crippen LogP contribution in [-0.2, 0) is 21.2 Å². The summed E-state index contributed by atoms with van der Waals surface area (Å²) in [5, 5.41) is 0. The molecule has 0 N–H and O–H groups in total. The van der Waals surface area contributed by atoms with Crippen molar-refractivity contribution < 1.29 is 35.5 Å². The van der Waals surface area contributed by atoms with Gasteiger partial charge >= 0.3 is 6.18 Å². The summed E-state index contributed by atoms with van der Waals surface area (Å²) in [6.45, 7) is 2.47. The van der Waals surface area contributed by atoms with Gasteiger partial charge in [-0.3, -0.25) is 4.79 Å². The maximum atomic E-state index is 15.3. The lowest BCUT2D eigenvalue weighted by atomic mass is 9.87. The zero-order valence-corrected chi connectivity index (χ0v) is 19.0. The van der Waals surface area contributed by atoms with Crippen LogP contribution in [-0.4, -0.2) is 49.5 Å². The first-order valence-corrected chi connectivity index (χ1v) is 11.9. The molecule has 0 saturated carbocycles. The van der Waals surface area contributed by atoms with Crippen molar-refractivity contribution in [2.45, 2.75) is 56.0 Å². The normalized spacial score (nSPS) is 18.0. The molecule has 0 aliphatic carbocycles. The minimum absolute atomic E-state index is 0.0133. The summed E-state index contributed by atoms with van der Waals surface area (Å²) in [6, 6.07) is 11.8. The maximum Gasteiger partial charge on any atom is 0.425 e. The number of ether oxygens (including phenoxy) is 1. The number of sulfonamides is 1. The van der Waals surface area contributed by atoms with Crippen molar-refractivity contribution in [3.05, 3.63) is 59.7 Å². The summed E-state index contributed by atoms with van der Waals surface area (Å²) in [5.74, 6) is -0.701. The smallest absolute Gasteiger partial charge is 0.425 e. The molecule has 0 radical (unpaired) electrons. The lowest BCUT2D eigenvalue weighted by Gasteiger charge is -2.34. The molecule has 1 saturated heterocycles. The fourth-order valence-electron chi connectivity index (χ4n) is 3.52. The molecule has 1 aliphatic heterocycles. The predicted molar refractivity (Wildman–Crippen MR) is 114 cm³/mol. The Morgan fingerprint density at radius 3 is 2.12 bits per heavy atom. The van der Waals surface area contributed by atoms with Crippen LogP contribution >= 0.6 is 0 Å². The minimum Gasteiger partial charge on any atom is -0.481 e. The fraction of sp³-hybridized carbons (Fsp3) is 0.435. The quantitative estimate of drug-likeness (QED) is 0.535. The summed E-state index contributed by atoms with van der Waals surface area (Å²) in [4.78, 5) is 12.7. The van der Waals surface area contributed by atoms with Crippen LogP contribution in [0.25, 0.3) is 0 Å². The van der Waals surface area contributed by atoms with Crippen molar-refractivity contribution in [3.8, 4) is 5.75 Å². The number of Topliss-reactive ketones (excluding diaryl/α,β-unsaturated/α-hetero) is 1. The zero-order chi connectivity index (χ0) is 24.4. The van der Waals surface area contributed by atoms with Crippen molar-refractivity contribution >= 4 is 15.8 Å². The summed E-state index contributed by atoms with van der Waals surface area (Å²) < 4.78 is 84.7. The number of alkyl halides is 4. The molecule has 5 nitrogen and oxygen atoms in total. The molecule has 0 amide bonds. The molecule has 1 heterocycles. The van der Waals surface area contributed by atoms with E-state index >= 15 is 4.39 Å². The summed E-state index contributed by atoms with van der Waals surface area (Å²) in [6.07, 6.45) is -7.27. The van der Waals surface area contributed by atoms with Gasteiger partial charge in [0, 0.05) is 32.4 Å². The van der Waals surface area contributed by atoms with Crippen LogP contribution in [0.1, 0.15) is 30.9 Å². The second-order valence-electron chi connectivity index (χ2n) is 8.23. The van der Waals surface area contributed by atoms with E-state index in [9.17, 15) is 26.4 Å². The Labute approximate surface area is 190 Å². The molecule has 33 heavy (non-hydrogen) atoms. The highest BCUT2D eigenvalue weighted by Gasteiger charge is 2.43. The van der Waals surface area contributed by atoms with E-state index in [1.165, 1.54) is 40.7 Å². The number of nitrogens with zero attached hydrogens (tertiary/aromatic N) is 1. The Bertz CT molecular complexity index is 1070. The molecule has 1 atom stereocenters. The van der Waals surface area contributed by atoms with Gasteiger partial charge in [0.15, 0.2) is 17.6 Å². The van der Waals surface area contributed by atoms with Gasteiger partial charge in [0.05, 0.1) is 4.90 Å². The third-order valence-corrected chi connectivity index (χ3v) is 7.65. The lowest BCUT2D eigenvalue weighted by molar-refractivity contribution is -0.189. The van der Waals surface area contributed by atoms with Gasteiger partial charge in [0.1, 0.15) is 5.75 Å². The van der Waals surface area contributed by atoms with Gasteiger partial charge in [-0.15, -0.1) is 0 Å². The molecule has 2 aromatic carbocycles. The topological polar surface area (TPSA) is 63.7 Å². The third-order valence-electron chi connectivity index (χ3n) is 5.74. The number of hydrogen-bond donors (Lipinski definition) is 0. The van der Waals surface area contributed by atoms with Crippen molar-refractivity contribution in [3.63, 3.8) is 0 Å². The van der Waals surface area contributed by atoms with Crippen LogP contribution < -0.4 is 4.74 Å². The molecule has 180 valence electrons.